The van der Waals surface area contributed by atoms with E-state index in [1.807, 2.05) is 0 Å². The zero-order chi connectivity index (χ0) is 7.56. The number of hydrogen-bond acceptors (Lipinski definition) is 3. The summed E-state index contributed by atoms with van der Waals surface area (Å²) in [6, 6.07) is 1.35. The Hall–Kier alpha value is -1.16. The number of hydrogen-bond donors (Lipinski definition) is 1. The van der Waals surface area contributed by atoms with Crippen LogP contribution in [0.15, 0.2) is 11.4 Å². The topological polar surface area (TPSA) is 54.4 Å². The van der Waals surface area contributed by atoms with Crippen molar-refractivity contribution in [1.82, 2.24) is 0 Å². The molecule has 1 rings (SSSR count). The summed E-state index contributed by atoms with van der Waals surface area (Å²) in [5, 5.41) is 9.90. The van der Waals surface area contributed by atoms with E-state index in [2.05, 4.69) is 0 Å². The maximum atomic E-state index is 10.2. The summed E-state index contributed by atoms with van der Waals surface area (Å²) in [7, 11) is 0. The lowest BCUT2D eigenvalue weighted by Crippen LogP contribution is -1.90. The van der Waals surface area contributed by atoms with Gasteiger partial charge in [0.2, 0.25) is 0 Å². The third-order valence-electron chi connectivity index (χ3n) is 0.967. The second-order valence-corrected chi connectivity index (χ2v) is 2.58. The predicted molar refractivity (Wildman–Crippen MR) is 36.7 cm³/mol. The maximum Gasteiger partial charge on any atom is 0.345 e. The molecular weight excluding hydrogens is 152 g/mol. The zero-order valence-corrected chi connectivity index (χ0v) is 5.72. The first kappa shape index (κ1) is 6.95. The van der Waals surface area contributed by atoms with Crippen LogP contribution in [-0.4, -0.2) is 17.4 Å². The van der Waals surface area contributed by atoms with Crippen molar-refractivity contribution in [2.24, 2.45) is 0 Å². The lowest BCUT2D eigenvalue weighted by molar-refractivity contribution is 0.0702. The standard InChI is InChI=1S/C6H4O3S/c7-2-4-1-5(6(8)9)10-3-4/h1-3H,(H,8,9). The largest absolute Gasteiger partial charge is 0.477 e. The maximum absolute atomic E-state index is 10.2. The molecule has 0 aliphatic carbocycles. The molecule has 0 spiro atoms. The fraction of sp³-hybridized carbons (Fsp3) is 0. The summed E-state index contributed by atoms with van der Waals surface area (Å²) >= 11 is 1.05. The number of aromatic carboxylic acids is 1. The van der Waals surface area contributed by atoms with Crippen molar-refractivity contribution in [3.8, 4) is 0 Å². The van der Waals surface area contributed by atoms with E-state index in [1.54, 1.807) is 0 Å². The van der Waals surface area contributed by atoms with E-state index < -0.39 is 5.97 Å². The molecule has 0 aliphatic heterocycles. The molecule has 10 heavy (non-hydrogen) atoms. The van der Waals surface area contributed by atoms with Crippen LogP contribution in [0, 0.1) is 0 Å². The molecule has 0 aromatic carbocycles. The van der Waals surface area contributed by atoms with Crippen LogP contribution in [0.1, 0.15) is 20.0 Å². The van der Waals surface area contributed by atoms with E-state index in [0.29, 0.717) is 11.8 Å². The monoisotopic (exact) mass is 156 g/mol. The molecule has 0 aliphatic rings. The quantitative estimate of drug-likeness (QED) is 0.656. The Bertz CT molecular complexity index is 264. The highest BCUT2D eigenvalue weighted by molar-refractivity contribution is 7.12. The fourth-order valence-electron chi connectivity index (χ4n) is 0.525. The number of aldehydes is 1. The number of thiophene rings is 1. The Morgan fingerprint density at radius 2 is 2.40 bits per heavy atom. The molecule has 3 nitrogen and oxygen atoms in total. The molecule has 1 aromatic heterocycles. The normalized spacial score (nSPS) is 9.20. The van der Waals surface area contributed by atoms with Gasteiger partial charge < -0.3 is 5.11 Å². The van der Waals surface area contributed by atoms with Gasteiger partial charge in [-0.1, -0.05) is 0 Å². The summed E-state index contributed by atoms with van der Waals surface area (Å²) in [5.41, 5.74) is 0.419. The van der Waals surface area contributed by atoms with Crippen LogP contribution in [0.25, 0.3) is 0 Å². The Kier molecular flexibility index (Phi) is 1.82. The first-order chi connectivity index (χ1) is 4.74. The SMILES string of the molecule is O=Cc1csc(C(=O)O)c1. The molecule has 1 aromatic rings. The number of carbonyl (C=O) groups excluding carboxylic acids is 1. The third-order valence-corrected chi connectivity index (χ3v) is 1.90. The number of carbonyl (C=O) groups is 2. The van der Waals surface area contributed by atoms with Crippen molar-refractivity contribution in [3.63, 3.8) is 0 Å². The average Bonchev–Trinajstić information content (AvgIpc) is 2.34. The minimum Gasteiger partial charge on any atom is -0.477 e. The highest BCUT2D eigenvalue weighted by Gasteiger charge is 2.04. The van der Waals surface area contributed by atoms with Crippen LogP contribution in [0.5, 0.6) is 0 Å². The van der Waals surface area contributed by atoms with Crippen LogP contribution in [0.4, 0.5) is 0 Å². The lowest BCUT2D eigenvalue weighted by Gasteiger charge is -1.79. The molecule has 1 heterocycles. The highest BCUT2D eigenvalue weighted by Crippen LogP contribution is 2.12. The van der Waals surface area contributed by atoms with E-state index in [4.69, 9.17) is 5.11 Å². The van der Waals surface area contributed by atoms with Crippen LogP contribution in [0.2, 0.25) is 0 Å². The van der Waals surface area contributed by atoms with Crippen LogP contribution in [0.3, 0.4) is 0 Å². The van der Waals surface area contributed by atoms with Gasteiger partial charge in [-0.3, -0.25) is 4.79 Å². The Labute approximate surface area is 60.9 Å². The number of rotatable bonds is 2. The molecule has 1 N–H and O–H groups in total. The van der Waals surface area contributed by atoms with Crippen molar-refractivity contribution in [1.29, 1.82) is 0 Å². The third kappa shape index (κ3) is 1.22. The molecule has 0 saturated carbocycles. The second-order valence-electron chi connectivity index (χ2n) is 1.67. The number of carboxylic acids is 1. The lowest BCUT2D eigenvalue weighted by atomic mass is 10.3. The molecule has 0 unspecified atom stereocenters. The first-order valence-corrected chi connectivity index (χ1v) is 3.39. The molecular formula is C6H4O3S. The van der Waals surface area contributed by atoms with Gasteiger partial charge >= 0.3 is 5.97 Å². The minimum atomic E-state index is -0.988. The van der Waals surface area contributed by atoms with Crippen molar-refractivity contribution in [3.05, 3.63) is 21.9 Å². The van der Waals surface area contributed by atoms with Crippen LogP contribution in [-0.2, 0) is 0 Å². The van der Waals surface area contributed by atoms with Crippen molar-refractivity contribution in [2.75, 3.05) is 0 Å². The molecule has 0 bridgehead atoms. The Morgan fingerprint density at radius 1 is 1.70 bits per heavy atom. The van der Waals surface area contributed by atoms with Gasteiger partial charge in [0, 0.05) is 10.9 Å². The Balaban J connectivity index is 2.98. The molecule has 0 saturated heterocycles. The predicted octanol–water partition coefficient (Wildman–Crippen LogP) is 1.26. The fourth-order valence-corrected chi connectivity index (χ4v) is 1.22. The second kappa shape index (κ2) is 2.62. The molecule has 0 atom stereocenters. The van der Waals surface area contributed by atoms with E-state index in [1.165, 1.54) is 11.4 Å². The van der Waals surface area contributed by atoms with Crippen LogP contribution < -0.4 is 0 Å². The minimum absolute atomic E-state index is 0.196. The van der Waals surface area contributed by atoms with Gasteiger partial charge in [-0.25, -0.2) is 4.79 Å². The number of carboxylic acid groups (broad SMARTS) is 1. The summed E-state index contributed by atoms with van der Waals surface area (Å²) in [4.78, 5) is 20.5. The van der Waals surface area contributed by atoms with Gasteiger partial charge in [-0.2, -0.15) is 0 Å². The average molecular weight is 156 g/mol. The molecule has 52 valence electrons. The summed E-state index contributed by atoms with van der Waals surface area (Å²) in [5.74, 6) is -0.988. The molecule has 0 radical (unpaired) electrons. The van der Waals surface area contributed by atoms with Crippen molar-refractivity contribution >= 4 is 23.6 Å². The van der Waals surface area contributed by atoms with Gasteiger partial charge in [0.25, 0.3) is 0 Å². The van der Waals surface area contributed by atoms with Gasteiger partial charge in [-0.15, -0.1) is 11.3 Å². The van der Waals surface area contributed by atoms with Gasteiger partial charge in [0.1, 0.15) is 4.88 Å². The van der Waals surface area contributed by atoms with Crippen molar-refractivity contribution < 1.29 is 14.7 Å². The highest BCUT2D eigenvalue weighted by atomic mass is 32.1. The summed E-state index contributed by atoms with van der Waals surface area (Å²) in [6.45, 7) is 0. The van der Waals surface area contributed by atoms with Gasteiger partial charge in [0.05, 0.1) is 0 Å². The van der Waals surface area contributed by atoms with E-state index in [-0.39, 0.29) is 4.88 Å². The van der Waals surface area contributed by atoms with Crippen molar-refractivity contribution in [2.45, 2.75) is 0 Å². The molecule has 0 amide bonds. The van der Waals surface area contributed by atoms with Gasteiger partial charge in [0.15, 0.2) is 6.29 Å². The molecule has 0 fully saturated rings. The van der Waals surface area contributed by atoms with E-state index >= 15 is 0 Å². The van der Waals surface area contributed by atoms with E-state index in [0.717, 1.165) is 11.3 Å². The van der Waals surface area contributed by atoms with Gasteiger partial charge in [-0.05, 0) is 6.07 Å². The van der Waals surface area contributed by atoms with Crippen LogP contribution >= 0.6 is 11.3 Å². The zero-order valence-electron chi connectivity index (χ0n) is 4.90. The Morgan fingerprint density at radius 3 is 2.70 bits per heavy atom. The summed E-state index contributed by atoms with van der Waals surface area (Å²) < 4.78 is 0. The first-order valence-electron chi connectivity index (χ1n) is 2.51. The smallest absolute Gasteiger partial charge is 0.345 e. The van der Waals surface area contributed by atoms with E-state index in [9.17, 15) is 9.59 Å². The molecule has 4 heteroatoms. The summed E-state index contributed by atoms with van der Waals surface area (Å²) in [6.07, 6.45) is 0.628.